The number of ether oxygens (including phenoxy) is 1. The summed E-state index contributed by atoms with van der Waals surface area (Å²) < 4.78 is 5.39. The third-order valence-electron chi connectivity index (χ3n) is 4.29. The molecule has 1 unspecified atom stereocenters. The minimum absolute atomic E-state index is 0.0705. The topological polar surface area (TPSA) is 70.1 Å². The van der Waals surface area contributed by atoms with Gasteiger partial charge in [0.1, 0.15) is 6.61 Å². The molecule has 1 aromatic carbocycles. The Labute approximate surface area is 143 Å². The van der Waals surface area contributed by atoms with E-state index in [1.54, 1.807) is 4.90 Å². The lowest BCUT2D eigenvalue weighted by Gasteiger charge is -2.34. The molecule has 1 saturated heterocycles. The fraction of sp³-hybridized carbons (Fsp3) is 0.556. The second-order valence-corrected chi connectivity index (χ2v) is 6.22. The Balaban J connectivity index is 1.81. The molecule has 1 fully saturated rings. The lowest BCUT2D eigenvalue weighted by molar-refractivity contribution is -0.138. The largest absolute Gasteiger partial charge is 0.480 e. The Morgan fingerprint density at radius 3 is 2.75 bits per heavy atom. The molecule has 1 N–H and O–H groups in total. The number of amides is 1. The molecule has 0 saturated carbocycles. The van der Waals surface area contributed by atoms with Gasteiger partial charge in [-0.05, 0) is 37.8 Å². The fourth-order valence-corrected chi connectivity index (χ4v) is 3.09. The van der Waals surface area contributed by atoms with Crippen molar-refractivity contribution in [2.24, 2.45) is 5.92 Å². The van der Waals surface area contributed by atoms with Crippen molar-refractivity contribution in [3.05, 3.63) is 35.9 Å². The molecule has 1 atom stereocenters. The van der Waals surface area contributed by atoms with E-state index < -0.39 is 5.97 Å². The molecule has 1 amide bonds. The zero-order chi connectivity index (χ0) is 17.4. The highest BCUT2D eigenvalue weighted by Gasteiger charge is 2.25. The summed E-state index contributed by atoms with van der Waals surface area (Å²) in [7, 11) is 0. The summed E-state index contributed by atoms with van der Waals surface area (Å²) in [5.41, 5.74) is 0.965. The molecular weight excluding hydrogens is 308 g/mol. The minimum Gasteiger partial charge on any atom is -0.480 e. The van der Waals surface area contributed by atoms with Gasteiger partial charge in [0, 0.05) is 19.6 Å². The number of hydrogen-bond acceptors (Lipinski definition) is 4. The van der Waals surface area contributed by atoms with Crippen LogP contribution in [0.25, 0.3) is 0 Å². The first kappa shape index (κ1) is 18.3. The molecule has 2 rings (SSSR count). The highest BCUT2D eigenvalue weighted by Crippen LogP contribution is 2.18. The molecule has 0 spiro atoms. The van der Waals surface area contributed by atoms with Crippen LogP contribution in [0.5, 0.6) is 0 Å². The van der Waals surface area contributed by atoms with E-state index in [2.05, 4.69) is 0 Å². The van der Waals surface area contributed by atoms with Gasteiger partial charge in [0.25, 0.3) is 0 Å². The molecular formula is C18H26N2O4. The van der Waals surface area contributed by atoms with Crippen molar-refractivity contribution in [2.75, 3.05) is 32.7 Å². The first-order valence-corrected chi connectivity index (χ1v) is 8.48. The van der Waals surface area contributed by atoms with Crippen LogP contribution < -0.4 is 0 Å². The third-order valence-corrected chi connectivity index (χ3v) is 4.29. The second kappa shape index (κ2) is 9.27. The molecule has 132 valence electrons. The van der Waals surface area contributed by atoms with Gasteiger partial charge in [0.05, 0.1) is 6.54 Å². The number of carboxylic acids is 1. The van der Waals surface area contributed by atoms with Crippen LogP contribution in [-0.2, 0) is 16.1 Å². The van der Waals surface area contributed by atoms with Crippen LogP contribution in [0.4, 0.5) is 4.79 Å². The van der Waals surface area contributed by atoms with Gasteiger partial charge in [-0.1, -0.05) is 30.3 Å². The molecule has 0 bridgehead atoms. The van der Waals surface area contributed by atoms with E-state index in [-0.39, 0.29) is 19.2 Å². The van der Waals surface area contributed by atoms with Crippen LogP contribution in [-0.4, -0.2) is 59.7 Å². The van der Waals surface area contributed by atoms with Crippen molar-refractivity contribution in [2.45, 2.75) is 26.4 Å². The van der Waals surface area contributed by atoms with Gasteiger partial charge in [0.2, 0.25) is 0 Å². The van der Waals surface area contributed by atoms with Crippen LogP contribution in [0.3, 0.4) is 0 Å². The van der Waals surface area contributed by atoms with Gasteiger partial charge >= 0.3 is 12.1 Å². The van der Waals surface area contributed by atoms with Crippen LogP contribution in [0.1, 0.15) is 25.3 Å². The maximum atomic E-state index is 12.3. The fourth-order valence-electron chi connectivity index (χ4n) is 3.09. The molecule has 1 heterocycles. The first-order valence-electron chi connectivity index (χ1n) is 8.48. The van der Waals surface area contributed by atoms with E-state index in [0.717, 1.165) is 31.5 Å². The summed E-state index contributed by atoms with van der Waals surface area (Å²) >= 11 is 0. The van der Waals surface area contributed by atoms with E-state index in [1.165, 1.54) is 0 Å². The van der Waals surface area contributed by atoms with Gasteiger partial charge in [-0.15, -0.1) is 0 Å². The number of benzene rings is 1. The third kappa shape index (κ3) is 5.85. The summed E-state index contributed by atoms with van der Waals surface area (Å²) in [5.74, 6) is -0.507. The average Bonchev–Trinajstić information content (AvgIpc) is 2.58. The van der Waals surface area contributed by atoms with Gasteiger partial charge in [-0.2, -0.15) is 0 Å². The van der Waals surface area contributed by atoms with Gasteiger partial charge in [-0.3, -0.25) is 9.69 Å². The molecule has 1 aliphatic rings. The molecule has 6 nitrogen and oxygen atoms in total. The predicted molar refractivity (Wildman–Crippen MR) is 90.7 cm³/mol. The summed E-state index contributed by atoms with van der Waals surface area (Å²) in [6, 6.07) is 9.61. The van der Waals surface area contributed by atoms with Gasteiger partial charge in [-0.25, -0.2) is 4.79 Å². The standard InChI is InChI=1S/C18H26N2O4/c1-2-20(18(23)24-14-15-7-4-3-5-8-15)12-16-9-6-10-19(11-16)13-17(21)22/h3-5,7-8,16H,2,6,9-14H2,1H3,(H,21,22). The van der Waals surface area contributed by atoms with Gasteiger partial charge < -0.3 is 14.7 Å². The van der Waals surface area contributed by atoms with E-state index in [1.807, 2.05) is 42.2 Å². The Morgan fingerprint density at radius 1 is 1.33 bits per heavy atom. The van der Waals surface area contributed by atoms with E-state index in [0.29, 0.717) is 19.0 Å². The number of piperidine rings is 1. The lowest BCUT2D eigenvalue weighted by atomic mass is 9.97. The Bertz CT molecular complexity index is 535. The normalized spacial score (nSPS) is 18.1. The smallest absolute Gasteiger partial charge is 0.410 e. The Hall–Kier alpha value is -2.08. The number of nitrogens with zero attached hydrogens (tertiary/aromatic N) is 2. The van der Waals surface area contributed by atoms with Crippen molar-refractivity contribution in [3.8, 4) is 0 Å². The highest BCUT2D eigenvalue weighted by atomic mass is 16.6. The maximum Gasteiger partial charge on any atom is 0.410 e. The number of hydrogen-bond donors (Lipinski definition) is 1. The number of rotatable bonds is 7. The molecule has 1 aromatic rings. The number of aliphatic carboxylic acids is 1. The van der Waals surface area contributed by atoms with Crippen molar-refractivity contribution in [3.63, 3.8) is 0 Å². The Morgan fingerprint density at radius 2 is 2.08 bits per heavy atom. The van der Waals surface area contributed by atoms with E-state index in [9.17, 15) is 9.59 Å². The lowest BCUT2D eigenvalue weighted by Crippen LogP contribution is -2.44. The predicted octanol–water partition coefficient (Wildman–Crippen LogP) is 2.44. The quantitative estimate of drug-likeness (QED) is 0.829. The SMILES string of the molecule is CCN(CC1CCCN(CC(=O)O)C1)C(=O)OCc1ccccc1. The Kier molecular flexibility index (Phi) is 7.06. The molecule has 6 heteroatoms. The van der Waals surface area contributed by atoms with Crippen LogP contribution >= 0.6 is 0 Å². The summed E-state index contributed by atoms with van der Waals surface area (Å²) in [6.45, 7) is 5.00. The maximum absolute atomic E-state index is 12.3. The van der Waals surface area contributed by atoms with Crippen molar-refractivity contribution in [1.29, 1.82) is 0 Å². The van der Waals surface area contributed by atoms with E-state index >= 15 is 0 Å². The number of likely N-dealkylation sites (tertiary alicyclic amines) is 1. The first-order chi connectivity index (χ1) is 11.6. The van der Waals surface area contributed by atoms with Crippen molar-refractivity contribution in [1.82, 2.24) is 9.80 Å². The highest BCUT2D eigenvalue weighted by molar-refractivity contribution is 5.69. The van der Waals surface area contributed by atoms with Crippen LogP contribution in [0, 0.1) is 5.92 Å². The molecule has 0 aliphatic carbocycles. The van der Waals surface area contributed by atoms with E-state index in [4.69, 9.17) is 9.84 Å². The minimum atomic E-state index is -0.801. The molecule has 0 aromatic heterocycles. The summed E-state index contributed by atoms with van der Waals surface area (Å²) in [5, 5.41) is 8.92. The van der Waals surface area contributed by atoms with Gasteiger partial charge in [0.15, 0.2) is 0 Å². The average molecular weight is 334 g/mol. The zero-order valence-electron chi connectivity index (χ0n) is 14.2. The summed E-state index contributed by atoms with van der Waals surface area (Å²) in [6.07, 6.45) is 1.67. The van der Waals surface area contributed by atoms with Crippen LogP contribution in [0.2, 0.25) is 0 Å². The van der Waals surface area contributed by atoms with Crippen molar-refractivity contribution >= 4 is 12.1 Å². The molecule has 1 aliphatic heterocycles. The number of carboxylic acid groups (broad SMARTS) is 1. The molecule has 0 radical (unpaired) electrons. The number of carbonyl (C=O) groups is 2. The molecule has 24 heavy (non-hydrogen) atoms. The monoisotopic (exact) mass is 334 g/mol. The zero-order valence-corrected chi connectivity index (χ0v) is 14.2. The van der Waals surface area contributed by atoms with Crippen LogP contribution in [0.15, 0.2) is 30.3 Å². The second-order valence-electron chi connectivity index (χ2n) is 6.22. The number of carbonyl (C=O) groups excluding carboxylic acids is 1. The summed E-state index contributed by atoms with van der Waals surface area (Å²) in [4.78, 5) is 26.8. The van der Waals surface area contributed by atoms with Crippen molar-refractivity contribution < 1.29 is 19.4 Å².